The third-order valence-corrected chi connectivity index (χ3v) is 3.96. The van der Waals surface area contributed by atoms with Crippen LogP contribution in [-0.2, 0) is 10.0 Å². The second kappa shape index (κ2) is 5.56. The van der Waals surface area contributed by atoms with Crippen LogP contribution in [0, 0.1) is 0 Å². The van der Waals surface area contributed by atoms with Gasteiger partial charge in [-0.1, -0.05) is 15.9 Å². The molecule has 2 rings (SSSR count). The summed E-state index contributed by atoms with van der Waals surface area (Å²) in [4.78, 5) is 5.88. The molecule has 0 aliphatic heterocycles. The lowest BCUT2D eigenvalue weighted by Crippen LogP contribution is -2.20. The molecular weight excluding hydrogens is 379 g/mol. The van der Waals surface area contributed by atoms with Crippen LogP contribution in [0.1, 0.15) is 0 Å². The molecule has 0 fully saturated rings. The molecule has 1 aromatic heterocycles. The lowest BCUT2D eigenvalue weighted by atomic mass is 10.3. The van der Waals surface area contributed by atoms with E-state index in [1.165, 1.54) is 6.07 Å². The SMILES string of the molecule is O=S(=O)(Nc1ccc(Br)cc1OC(F)(F)F)c1cnc[nH]1. The fourth-order valence-electron chi connectivity index (χ4n) is 1.38. The molecule has 0 atom stereocenters. The first-order valence-electron chi connectivity index (χ1n) is 5.24. The monoisotopic (exact) mass is 385 g/mol. The number of imidazole rings is 1. The predicted octanol–water partition coefficient (Wildman–Crippen LogP) is 2.87. The first kappa shape index (κ1) is 15.6. The summed E-state index contributed by atoms with van der Waals surface area (Å²) in [5.41, 5.74) is -0.356. The number of hydrogen-bond donors (Lipinski definition) is 2. The van der Waals surface area contributed by atoms with Gasteiger partial charge in [-0.25, -0.2) is 4.98 Å². The number of alkyl halides is 3. The number of ether oxygens (including phenoxy) is 1. The van der Waals surface area contributed by atoms with Crippen molar-refractivity contribution in [1.82, 2.24) is 9.97 Å². The van der Waals surface area contributed by atoms with Gasteiger partial charge in [-0.05, 0) is 18.2 Å². The lowest BCUT2D eigenvalue weighted by Gasteiger charge is -2.14. The highest BCUT2D eigenvalue weighted by Crippen LogP contribution is 2.34. The van der Waals surface area contributed by atoms with E-state index in [2.05, 4.69) is 30.6 Å². The number of sulfonamides is 1. The molecule has 0 saturated carbocycles. The molecule has 0 spiro atoms. The quantitative estimate of drug-likeness (QED) is 0.847. The van der Waals surface area contributed by atoms with Crippen molar-refractivity contribution in [3.63, 3.8) is 0 Å². The predicted molar refractivity (Wildman–Crippen MR) is 70.2 cm³/mol. The van der Waals surface area contributed by atoms with Gasteiger partial charge in [0.2, 0.25) is 0 Å². The van der Waals surface area contributed by atoms with Crippen molar-refractivity contribution < 1.29 is 26.3 Å². The highest BCUT2D eigenvalue weighted by atomic mass is 79.9. The van der Waals surface area contributed by atoms with Crippen molar-refractivity contribution >= 4 is 31.6 Å². The van der Waals surface area contributed by atoms with Crippen molar-refractivity contribution in [3.05, 3.63) is 35.2 Å². The highest BCUT2D eigenvalue weighted by molar-refractivity contribution is 9.10. The van der Waals surface area contributed by atoms with Crippen molar-refractivity contribution in [2.75, 3.05) is 4.72 Å². The number of H-pyrrole nitrogens is 1. The molecule has 0 saturated heterocycles. The third-order valence-electron chi connectivity index (χ3n) is 2.18. The minimum Gasteiger partial charge on any atom is -0.403 e. The largest absolute Gasteiger partial charge is 0.573 e. The Morgan fingerprint density at radius 1 is 1.33 bits per heavy atom. The Bertz CT molecular complexity index is 732. The van der Waals surface area contributed by atoms with Crippen LogP contribution in [0.3, 0.4) is 0 Å². The number of halogens is 4. The number of nitrogens with one attached hydrogen (secondary N) is 2. The first-order chi connectivity index (χ1) is 9.67. The Morgan fingerprint density at radius 2 is 2.05 bits per heavy atom. The minimum absolute atomic E-state index is 0.289. The number of aromatic amines is 1. The molecule has 1 aromatic carbocycles. The van der Waals surface area contributed by atoms with Gasteiger partial charge in [0, 0.05) is 4.47 Å². The van der Waals surface area contributed by atoms with Crippen LogP contribution < -0.4 is 9.46 Å². The van der Waals surface area contributed by atoms with E-state index >= 15 is 0 Å². The minimum atomic E-state index is -4.95. The van der Waals surface area contributed by atoms with Crippen LogP contribution in [0.5, 0.6) is 5.75 Å². The second-order valence-electron chi connectivity index (χ2n) is 3.71. The number of rotatable bonds is 4. The topological polar surface area (TPSA) is 84.1 Å². The molecule has 114 valence electrons. The third kappa shape index (κ3) is 4.11. The van der Waals surface area contributed by atoms with E-state index in [1.807, 2.05) is 4.72 Å². The average Bonchev–Trinajstić information content (AvgIpc) is 2.85. The van der Waals surface area contributed by atoms with Gasteiger partial charge in [-0.15, -0.1) is 13.2 Å². The molecule has 0 unspecified atom stereocenters. The smallest absolute Gasteiger partial charge is 0.403 e. The number of hydrogen-bond acceptors (Lipinski definition) is 4. The van der Waals surface area contributed by atoms with E-state index < -0.39 is 22.1 Å². The Hall–Kier alpha value is -1.75. The fraction of sp³-hybridized carbons (Fsp3) is 0.100. The molecule has 2 N–H and O–H groups in total. The highest BCUT2D eigenvalue weighted by Gasteiger charge is 2.33. The van der Waals surface area contributed by atoms with E-state index in [9.17, 15) is 21.6 Å². The molecular formula is C10H7BrF3N3O3S. The van der Waals surface area contributed by atoms with Gasteiger partial charge < -0.3 is 9.72 Å². The Balaban J connectivity index is 2.36. The summed E-state index contributed by atoms with van der Waals surface area (Å²) in [6, 6.07) is 3.51. The van der Waals surface area contributed by atoms with Gasteiger partial charge >= 0.3 is 6.36 Å². The number of aromatic nitrogens is 2. The maximum atomic E-state index is 12.3. The maximum absolute atomic E-state index is 12.3. The van der Waals surface area contributed by atoms with Crippen LogP contribution >= 0.6 is 15.9 Å². The molecule has 0 bridgehead atoms. The zero-order chi connectivity index (χ0) is 15.7. The molecule has 0 radical (unpaired) electrons. The van der Waals surface area contributed by atoms with Crippen LogP contribution in [-0.4, -0.2) is 24.7 Å². The average molecular weight is 386 g/mol. The van der Waals surface area contributed by atoms with Gasteiger partial charge in [0.05, 0.1) is 18.2 Å². The lowest BCUT2D eigenvalue weighted by molar-refractivity contribution is -0.274. The summed E-state index contributed by atoms with van der Waals surface area (Å²) in [7, 11) is -4.09. The molecule has 1 heterocycles. The van der Waals surface area contributed by atoms with Crippen LogP contribution in [0.4, 0.5) is 18.9 Å². The summed E-state index contributed by atoms with van der Waals surface area (Å²) in [6.07, 6.45) is -2.80. The van der Waals surface area contributed by atoms with Gasteiger partial charge in [0.15, 0.2) is 10.8 Å². The molecule has 0 amide bonds. The molecule has 6 nitrogen and oxygen atoms in total. The Kier molecular flexibility index (Phi) is 4.14. The van der Waals surface area contributed by atoms with Crippen molar-refractivity contribution in [3.8, 4) is 5.75 Å². The molecule has 2 aromatic rings. The number of benzene rings is 1. The normalized spacial score (nSPS) is 12.2. The Morgan fingerprint density at radius 3 is 2.62 bits per heavy atom. The zero-order valence-corrected chi connectivity index (χ0v) is 12.4. The molecule has 21 heavy (non-hydrogen) atoms. The fourth-order valence-corrected chi connectivity index (χ4v) is 2.70. The van der Waals surface area contributed by atoms with Gasteiger partial charge in [0.1, 0.15) is 0 Å². The summed E-state index contributed by atoms with van der Waals surface area (Å²) in [5.74, 6) is -0.681. The first-order valence-corrected chi connectivity index (χ1v) is 7.51. The van der Waals surface area contributed by atoms with Crippen molar-refractivity contribution in [2.24, 2.45) is 0 Å². The van der Waals surface area contributed by atoms with Crippen LogP contribution in [0.25, 0.3) is 0 Å². The Labute approximate surface area is 125 Å². The van der Waals surface area contributed by atoms with Gasteiger partial charge in [-0.2, -0.15) is 8.42 Å². The van der Waals surface area contributed by atoms with Crippen LogP contribution in [0.15, 0.2) is 40.2 Å². The zero-order valence-electron chi connectivity index (χ0n) is 9.98. The van der Waals surface area contributed by atoms with Gasteiger partial charge in [-0.3, -0.25) is 4.72 Å². The molecule has 0 aliphatic rings. The standard InChI is InChI=1S/C10H7BrF3N3O3S/c11-6-1-2-7(8(3-6)20-10(12,13)14)17-21(18,19)9-4-15-5-16-9/h1-5,17H,(H,15,16). The second-order valence-corrected chi connectivity index (χ2v) is 6.28. The summed E-state index contributed by atoms with van der Waals surface area (Å²) in [5, 5.41) is -0.289. The van der Waals surface area contributed by atoms with E-state index in [1.54, 1.807) is 0 Å². The van der Waals surface area contributed by atoms with Crippen LogP contribution in [0.2, 0.25) is 0 Å². The van der Waals surface area contributed by atoms with Gasteiger partial charge in [0.25, 0.3) is 10.0 Å². The summed E-state index contributed by atoms with van der Waals surface area (Å²) < 4.78 is 66.9. The van der Waals surface area contributed by atoms with E-state index in [-0.39, 0.29) is 10.7 Å². The number of nitrogens with zero attached hydrogens (tertiary/aromatic N) is 1. The maximum Gasteiger partial charge on any atom is 0.573 e. The molecule has 0 aliphatic carbocycles. The van der Waals surface area contributed by atoms with E-state index in [0.717, 1.165) is 24.7 Å². The van der Waals surface area contributed by atoms with E-state index in [4.69, 9.17) is 0 Å². The molecule has 11 heteroatoms. The van der Waals surface area contributed by atoms with Crippen molar-refractivity contribution in [1.29, 1.82) is 0 Å². The number of anilines is 1. The summed E-state index contributed by atoms with van der Waals surface area (Å²) >= 11 is 2.98. The van der Waals surface area contributed by atoms with Crippen molar-refractivity contribution in [2.45, 2.75) is 11.4 Å². The summed E-state index contributed by atoms with van der Waals surface area (Å²) in [6.45, 7) is 0. The van der Waals surface area contributed by atoms with E-state index in [0.29, 0.717) is 4.47 Å².